The maximum absolute atomic E-state index is 13.7. The average molecular weight is 651 g/mol. The van der Waals surface area contributed by atoms with E-state index in [0.29, 0.717) is 31.1 Å². The standard InChI is InChI=1S/C34H40F6N4O2/c1-3-43(19-22-8-10-24(11-9-22)32(45)46)30-17-26-7-5-4-6-25(26)16-27(30)21-44(31-12-13-42(2)41-31)20-23-14-28(33(35,36)37)18-29(15-23)34(38,39)40/h12-18,22,24H,3-11,19-21H2,1-2H3,(H,45,46)/t22-,24-. The van der Waals surface area contributed by atoms with Gasteiger partial charge in [0.25, 0.3) is 0 Å². The van der Waals surface area contributed by atoms with Crippen LogP contribution in [0.2, 0.25) is 0 Å². The fourth-order valence-corrected chi connectivity index (χ4v) is 6.87. The molecule has 6 nitrogen and oxygen atoms in total. The number of fused-ring (bicyclic) bond motifs is 1. The molecule has 0 saturated heterocycles. The SMILES string of the molecule is CCN(C[C@H]1CC[C@H](C(=O)O)CC1)c1cc2c(cc1CN(Cc1cc(C(F)(F)F)cc(C(F)(F)F)c1)c1ccn(C)n1)CCCC2. The number of carboxylic acids is 1. The van der Waals surface area contributed by atoms with E-state index in [2.05, 4.69) is 29.1 Å². The maximum Gasteiger partial charge on any atom is 0.416 e. The number of alkyl halides is 6. The summed E-state index contributed by atoms with van der Waals surface area (Å²) in [6.07, 6.45) is -1.33. The fraction of sp³-hybridized carbons (Fsp3) is 0.529. The van der Waals surface area contributed by atoms with E-state index in [4.69, 9.17) is 0 Å². The molecular formula is C34H40F6N4O2. The van der Waals surface area contributed by atoms with Crippen LogP contribution in [0.1, 0.15) is 78.8 Å². The molecule has 2 aliphatic rings. The van der Waals surface area contributed by atoms with Crippen LogP contribution in [0.25, 0.3) is 0 Å². The van der Waals surface area contributed by atoms with Gasteiger partial charge in [-0.2, -0.15) is 31.4 Å². The number of nitrogens with zero attached hydrogens (tertiary/aromatic N) is 4. The van der Waals surface area contributed by atoms with E-state index in [1.54, 1.807) is 28.9 Å². The molecule has 5 rings (SSSR count). The lowest BCUT2D eigenvalue weighted by atomic mass is 9.81. The van der Waals surface area contributed by atoms with Crippen molar-refractivity contribution in [2.75, 3.05) is 22.9 Å². The van der Waals surface area contributed by atoms with Gasteiger partial charge in [0.15, 0.2) is 5.82 Å². The molecule has 0 bridgehead atoms. The number of anilines is 2. The van der Waals surface area contributed by atoms with Crippen LogP contribution in [-0.4, -0.2) is 33.9 Å². The van der Waals surface area contributed by atoms with E-state index < -0.39 is 29.4 Å². The van der Waals surface area contributed by atoms with Gasteiger partial charge in [-0.15, -0.1) is 0 Å². The number of aromatic nitrogens is 2. The van der Waals surface area contributed by atoms with Crippen LogP contribution in [0.15, 0.2) is 42.6 Å². The first-order chi connectivity index (χ1) is 21.7. The van der Waals surface area contributed by atoms with Gasteiger partial charge in [-0.25, -0.2) is 0 Å². The number of aliphatic carboxylic acids is 1. The summed E-state index contributed by atoms with van der Waals surface area (Å²) >= 11 is 0. The summed E-state index contributed by atoms with van der Waals surface area (Å²) in [7, 11) is 1.70. The minimum atomic E-state index is -4.94. The normalized spacial score (nSPS) is 18.7. The number of aryl methyl sites for hydroxylation is 3. The molecule has 3 aromatic rings. The van der Waals surface area contributed by atoms with Gasteiger partial charge in [-0.1, -0.05) is 6.07 Å². The van der Waals surface area contributed by atoms with Crippen molar-refractivity contribution in [3.8, 4) is 0 Å². The number of benzene rings is 2. The summed E-state index contributed by atoms with van der Waals surface area (Å²) in [4.78, 5) is 15.5. The largest absolute Gasteiger partial charge is 0.481 e. The van der Waals surface area contributed by atoms with Crippen molar-refractivity contribution < 1.29 is 36.2 Å². The monoisotopic (exact) mass is 650 g/mol. The van der Waals surface area contributed by atoms with Crippen molar-refractivity contribution in [3.05, 3.63) is 76.0 Å². The summed E-state index contributed by atoms with van der Waals surface area (Å²) in [5.41, 5.74) is 1.58. The van der Waals surface area contributed by atoms with Crippen molar-refractivity contribution in [2.45, 2.75) is 83.7 Å². The summed E-state index contributed by atoms with van der Waals surface area (Å²) in [5.74, 6) is -0.309. The molecule has 0 atom stereocenters. The van der Waals surface area contributed by atoms with E-state index >= 15 is 0 Å². The first-order valence-corrected chi connectivity index (χ1v) is 15.9. The van der Waals surface area contributed by atoms with Crippen LogP contribution < -0.4 is 9.80 Å². The second-order valence-electron chi connectivity index (χ2n) is 12.7. The molecule has 1 fully saturated rings. The van der Waals surface area contributed by atoms with Gasteiger partial charge in [0.05, 0.1) is 17.0 Å². The molecule has 12 heteroatoms. The van der Waals surface area contributed by atoms with Crippen LogP contribution in [0.5, 0.6) is 0 Å². The van der Waals surface area contributed by atoms with Gasteiger partial charge >= 0.3 is 18.3 Å². The Labute approximate surface area is 265 Å². The maximum atomic E-state index is 13.7. The lowest BCUT2D eigenvalue weighted by Gasteiger charge is -2.35. The van der Waals surface area contributed by atoms with E-state index in [-0.39, 0.29) is 30.6 Å². The average Bonchev–Trinajstić information content (AvgIpc) is 3.44. The molecule has 0 spiro atoms. The van der Waals surface area contributed by atoms with Crippen LogP contribution in [0.4, 0.5) is 37.8 Å². The van der Waals surface area contributed by atoms with E-state index in [0.717, 1.165) is 68.5 Å². The van der Waals surface area contributed by atoms with Gasteiger partial charge in [0.2, 0.25) is 0 Å². The third-order valence-electron chi connectivity index (χ3n) is 9.35. The van der Waals surface area contributed by atoms with Gasteiger partial charge in [0.1, 0.15) is 0 Å². The Morgan fingerprint density at radius 2 is 1.50 bits per heavy atom. The number of carbonyl (C=O) groups is 1. The molecule has 46 heavy (non-hydrogen) atoms. The van der Waals surface area contributed by atoms with Crippen LogP contribution in [0, 0.1) is 11.8 Å². The molecule has 0 aliphatic heterocycles. The predicted octanol–water partition coefficient (Wildman–Crippen LogP) is 8.26. The highest BCUT2D eigenvalue weighted by Gasteiger charge is 2.37. The Kier molecular flexibility index (Phi) is 9.93. The van der Waals surface area contributed by atoms with Crippen molar-refractivity contribution in [1.82, 2.24) is 9.78 Å². The second kappa shape index (κ2) is 13.6. The topological polar surface area (TPSA) is 61.6 Å². The number of hydrogen-bond donors (Lipinski definition) is 1. The molecule has 2 aromatic carbocycles. The molecule has 0 radical (unpaired) electrons. The first-order valence-electron chi connectivity index (χ1n) is 15.9. The number of carboxylic acid groups (broad SMARTS) is 1. The summed E-state index contributed by atoms with van der Waals surface area (Å²) in [6, 6.07) is 7.78. The fourth-order valence-electron chi connectivity index (χ4n) is 6.87. The predicted molar refractivity (Wildman–Crippen MR) is 164 cm³/mol. The van der Waals surface area contributed by atoms with Gasteiger partial charge in [-0.05, 0) is 111 Å². The molecule has 1 aromatic heterocycles. The van der Waals surface area contributed by atoms with E-state index in [9.17, 15) is 36.2 Å². The lowest BCUT2D eigenvalue weighted by Crippen LogP contribution is -2.34. The molecule has 0 unspecified atom stereocenters. The Bertz CT molecular complexity index is 1490. The van der Waals surface area contributed by atoms with E-state index in [1.165, 1.54) is 11.1 Å². The third kappa shape index (κ3) is 7.98. The molecule has 2 aliphatic carbocycles. The Balaban J connectivity index is 1.51. The van der Waals surface area contributed by atoms with Gasteiger partial charge in [0, 0.05) is 51.2 Å². The molecule has 0 amide bonds. The third-order valence-corrected chi connectivity index (χ3v) is 9.35. The van der Waals surface area contributed by atoms with Crippen molar-refractivity contribution in [1.29, 1.82) is 0 Å². The highest BCUT2D eigenvalue weighted by atomic mass is 19.4. The van der Waals surface area contributed by atoms with Gasteiger partial charge in [-0.3, -0.25) is 9.48 Å². The zero-order chi connectivity index (χ0) is 33.2. The minimum Gasteiger partial charge on any atom is -0.481 e. The Morgan fingerprint density at radius 1 is 0.891 bits per heavy atom. The summed E-state index contributed by atoms with van der Waals surface area (Å²) < 4.78 is 83.8. The number of rotatable bonds is 10. The van der Waals surface area contributed by atoms with Crippen LogP contribution in [-0.2, 0) is 50.1 Å². The molecular weight excluding hydrogens is 610 g/mol. The zero-order valence-corrected chi connectivity index (χ0v) is 26.1. The van der Waals surface area contributed by atoms with Crippen molar-refractivity contribution >= 4 is 17.5 Å². The number of halogens is 6. The highest BCUT2D eigenvalue weighted by Crippen LogP contribution is 2.38. The molecule has 1 saturated carbocycles. The summed E-state index contributed by atoms with van der Waals surface area (Å²) in [5, 5.41) is 13.9. The summed E-state index contributed by atoms with van der Waals surface area (Å²) in [6.45, 7) is 3.49. The van der Waals surface area contributed by atoms with Crippen LogP contribution >= 0.6 is 0 Å². The minimum absolute atomic E-state index is 0.116. The first kappa shape index (κ1) is 33.7. The molecule has 1 N–H and O–H groups in total. The highest BCUT2D eigenvalue weighted by molar-refractivity contribution is 5.70. The molecule has 1 heterocycles. The Hall–Kier alpha value is -3.70. The van der Waals surface area contributed by atoms with Crippen molar-refractivity contribution in [3.63, 3.8) is 0 Å². The smallest absolute Gasteiger partial charge is 0.416 e. The second-order valence-corrected chi connectivity index (χ2v) is 12.7. The van der Waals surface area contributed by atoms with E-state index in [1.807, 2.05) is 0 Å². The molecule has 250 valence electrons. The lowest BCUT2D eigenvalue weighted by molar-refractivity contribution is -0.144. The van der Waals surface area contributed by atoms with Gasteiger partial charge < -0.3 is 14.9 Å². The zero-order valence-electron chi connectivity index (χ0n) is 26.1. The quantitative estimate of drug-likeness (QED) is 0.224. The number of hydrogen-bond acceptors (Lipinski definition) is 4. The van der Waals surface area contributed by atoms with Crippen LogP contribution in [0.3, 0.4) is 0 Å². The van der Waals surface area contributed by atoms with Crippen molar-refractivity contribution in [2.24, 2.45) is 18.9 Å². The Morgan fingerprint density at radius 3 is 2.02 bits per heavy atom.